The van der Waals surface area contributed by atoms with Gasteiger partial charge in [-0.1, -0.05) is 36.4 Å². The van der Waals surface area contributed by atoms with Gasteiger partial charge in [0.1, 0.15) is 0 Å². The molecule has 8 heteroatoms. The van der Waals surface area contributed by atoms with Gasteiger partial charge in [-0.2, -0.15) is 13.2 Å². The molecule has 0 saturated carbocycles. The van der Waals surface area contributed by atoms with Crippen LogP contribution in [0.1, 0.15) is 28.4 Å². The summed E-state index contributed by atoms with van der Waals surface area (Å²) in [7, 11) is 0. The molecule has 0 aliphatic carbocycles. The highest BCUT2D eigenvalue weighted by molar-refractivity contribution is 8.00. The van der Waals surface area contributed by atoms with E-state index in [-0.39, 0.29) is 11.6 Å². The second kappa shape index (κ2) is 9.91. The lowest BCUT2D eigenvalue weighted by molar-refractivity contribution is -0.137. The van der Waals surface area contributed by atoms with Gasteiger partial charge in [-0.15, -0.1) is 11.8 Å². The zero-order chi connectivity index (χ0) is 23.3. The SMILES string of the molecule is Cc1ccccc1C(=O)Nc1cccc(SC(C)C(=O)Nc2ccccc2C(F)(F)F)c1. The summed E-state index contributed by atoms with van der Waals surface area (Å²) in [5.74, 6) is -0.805. The van der Waals surface area contributed by atoms with E-state index in [2.05, 4.69) is 10.6 Å². The number of aryl methyl sites for hydroxylation is 1. The Morgan fingerprint density at radius 1 is 0.906 bits per heavy atom. The van der Waals surface area contributed by atoms with Gasteiger partial charge in [0.15, 0.2) is 0 Å². The Labute approximate surface area is 188 Å². The van der Waals surface area contributed by atoms with Crippen LogP contribution in [0, 0.1) is 6.92 Å². The molecule has 3 aromatic carbocycles. The molecule has 0 aliphatic rings. The first kappa shape index (κ1) is 23.4. The van der Waals surface area contributed by atoms with Crippen LogP contribution in [0.25, 0.3) is 0 Å². The smallest absolute Gasteiger partial charge is 0.325 e. The lowest BCUT2D eigenvalue weighted by Gasteiger charge is -2.16. The molecule has 1 atom stereocenters. The average Bonchev–Trinajstić information content (AvgIpc) is 2.74. The molecule has 166 valence electrons. The van der Waals surface area contributed by atoms with Gasteiger partial charge in [0.05, 0.1) is 16.5 Å². The number of hydrogen-bond donors (Lipinski definition) is 2. The highest BCUT2D eigenvalue weighted by Crippen LogP contribution is 2.35. The summed E-state index contributed by atoms with van der Waals surface area (Å²) in [6.07, 6.45) is -4.57. The van der Waals surface area contributed by atoms with Gasteiger partial charge in [0.2, 0.25) is 5.91 Å². The molecule has 2 N–H and O–H groups in total. The van der Waals surface area contributed by atoms with Crippen molar-refractivity contribution >= 4 is 35.0 Å². The fourth-order valence-corrected chi connectivity index (χ4v) is 3.93. The Kier molecular flexibility index (Phi) is 7.25. The summed E-state index contributed by atoms with van der Waals surface area (Å²) in [5.41, 5.74) is 0.781. The number of carbonyl (C=O) groups is 2. The Morgan fingerprint density at radius 2 is 1.59 bits per heavy atom. The van der Waals surface area contributed by atoms with Gasteiger partial charge in [-0.3, -0.25) is 9.59 Å². The maximum atomic E-state index is 13.2. The molecule has 0 bridgehead atoms. The molecule has 32 heavy (non-hydrogen) atoms. The monoisotopic (exact) mass is 458 g/mol. The van der Waals surface area contributed by atoms with Crippen molar-refractivity contribution in [2.24, 2.45) is 0 Å². The number of benzene rings is 3. The van der Waals surface area contributed by atoms with Crippen molar-refractivity contribution in [2.45, 2.75) is 30.2 Å². The predicted octanol–water partition coefficient (Wildman–Crippen LogP) is 6.39. The number of para-hydroxylation sites is 1. The van der Waals surface area contributed by atoms with E-state index in [1.54, 1.807) is 43.3 Å². The van der Waals surface area contributed by atoms with Crippen LogP contribution in [-0.2, 0) is 11.0 Å². The van der Waals surface area contributed by atoms with E-state index in [0.29, 0.717) is 16.1 Å². The van der Waals surface area contributed by atoms with Crippen LogP contribution in [0.5, 0.6) is 0 Å². The van der Waals surface area contributed by atoms with Gasteiger partial charge >= 0.3 is 6.18 Å². The average molecular weight is 459 g/mol. The number of thioether (sulfide) groups is 1. The van der Waals surface area contributed by atoms with E-state index < -0.39 is 22.9 Å². The van der Waals surface area contributed by atoms with Gasteiger partial charge in [-0.05, 0) is 55.8 Å². The van der Waals surface area contributed by atoms with Crippen LogP contribution in [0.2, 0.25) is 0 Å². The van der Waals surface area contributed by atoms with Gasteiger partial charge in [-0.25, -0.2) is 0 Å². The Hall–Kier alpha value is -3.26. The van der Waals surface area contributed by atoms with Crippen molar-refractivity contribution in [3.63, 3.8) is 0 Å². The normalized spacial score (nSPS) is 12.2. The fourth-order valence-electron chi connectivity index (χ4n) is 3.00. The van der Waals surface area contributed by atoms with Gasteiger partial charge < -0.3 is 10.6 Å². The quantitative estimate of drug-likeness (QED) is 0.421. The maximum absolute atomic E-state index is 13.2. The zero-order valence-corrected chi connectivity index (χ0v) is 18.2. The van der Waals surface area contributed by atoms with E-state index in [0.717, 1.165) is 11.6 Å². The second-order valence-electron chi connectivity index (χ2n) is 7.09. The molecule has 0 spiro atoms. The first-order valence-corrected chi connectivity index (χ1v) is 10.6. The summed E-state index contributed by atoms with van der Waals surface area (Å²) in [5, 5.41) is 4.52. The van der Waals surface area contributed by atoms with Crippen LogP contribution in [0.15, 0.2) is 77.7 Å². The van der Waals surface area contributed by atoms with Gasteiger partial charge in [0.25, 0.3) is 5.91 Å². The summed E-state index contributed by atoms with van der Waals surface area (Å²) in [6.45, 7) is 3.45. The molecule has 0 fully saturated rings. The number of nitrogens with one attached hydrogen (secondary N) is 2. The van der Waals surface area contributed by atoms with E-state index in [1.165, 1.54) is 30.0 Å². The molecule has 0 aromatic heterocycles. The molecule has 0 radical (unpaired) electrons. The fraction of sp³-hybridized carbons (Fsp3) is 0.167. The molecule has 4 nitrogen and oxygen atoms in total. The molecule has 0 heterocycles. The Bertz CT molecular complexity index is 1130. The Balaban J connectivity index is 1.67. The molecule has 3 rings (SSSR count). The van der Waals surface area contributed by atoms with Crippen LogP contribution >= 0.6 is 11.8 Å². The van der Waals surface area contributed by atoms with Crippen LogP contribution in [0.4, 0.5) is 24.5 Å². The number of anilines is 2. The third-order valence-corrected chi connectivity index (χ3v) is 5.75. The largest absolute Gasteiger partial charge is 0.418 e. The van der Waals surface area contributed by atoms with Crippen LogP contribution in [-0.4, -0.2) is 17.1 Å². The third-order valence-electron chi connectivity index (χ3n) is 4.65. The van der Waals surface area contributed by atoms with Crippen molar-refractivity contribution in [3.8, 4) is 0 Å². The van der Waals surface area contributed by atoms with E-state index in [4.69, 9.17) is 0 Å². The molecule has 1 unspecified atom stereocenters. The van der Waals surface area contributed by atoms with Crippen molar-refractivity contribution in [1.82, 2.24) is 0 Å². The summed E-state index contributed by atoms with van der Waals surface area (Å²) in [4.78, 5) is 25.7. The van der Waals surface area contributed by atoms with Crippen molar-refractivity contribution in [1.29, 1.82) is 0 Å². The topological polar surface area (TPSA) is 58.2 Å². The number of rotatable bonds is 6. The van der Waals surface area contributed by atoms with E-state index in [1.807, 2.05) is 19.1 Å². The molecular formula is C24H21F3N2O2S. The lowest BCUT2D eigenvalue weighted by Crippen LogP contribution is -2.24. The highest BCUT2D eigenvalue weighted by Gasteiger charge is 2.33. The number of halogens is 3. The predicted molar refractivity (Wildman–Crippen MR) is 121 cm³/mol. The maximum Gasteiger partial charge on any atom is 0.418 e. The van der Waals surface area contributed by atoms with Crippen molar-refractivity contribution in [3.05, 3.63) is 89.5 Å². The number of carbonyl (C=O) groups excluding carboxylic acids is 2. The summed E-state index contributed by atoms with van der Waals surface area (Å²) >= 11 is 1.18. The third kappa shape index (κ3) is 5.91. The molecule has 0 aliphatic heterocycles. The number of alkyl halides is 3. The summed E-state index contributed by atoms with van der Waals surface area (Å²) in [6, 6.07) is 19.0. The first-order chi connectivity index (χ1) is 15.1. The number of hydrogen-bond acceptors (Lipinski definition) is 3. The lowest BCUT2D eigenvalue weighted by atomic mass is 10.1. The van der Waals surface area contributed by atoms with E-state index in [9.17, 15) is 22.8 Å². The van der Waals surface area contributed by atoms with Gasteiger partial charge in [0, 0.05) is 16.1 Å². The summed E-state index contributed by atoms with van der Waals surface area (Å²) < 4.78 is 39.5. The van der Waals surface area contributed by atoms with Crippen LogP contribution < -0.4 is 10.6 Å². The minimum Gasteiger partial charge on any atom is -0.325 e. The molecular weight excluding hydrogens is 437 g/mol. The molecule has 3 aromatic rings. The number of amides is 2. The zero-order valence-electron chi connectivity index (χ0n) is 17.4. The molecule has 0 saturated heterocycles. The highest BCUT2D eigenvalue weighted by atomic mass is 32.2. The minimum atomic E-state index is -4.57. The van der Waals surface area contributed by atoms with Crippen LogP contribution in [0.3, 0.4) is 0 Å². The first-order valence-electron chi connectivity index (χ1n) is 9.76. The standard InChI is InChI=1S/C24H21F3N2O2S/c1-15-8-3-4-11-19(15)23(31)28-17-9-7-10-18(14-17)32-16(2)22(30)29-21-13-6-5-12-20(21)24(25,26)27/h3-14,16H,1-2H3,(H,28,31)(H,29,30). The van der Waals surface area contributed by atoms with Crippen molar-refractivity contribution < 1.29 is 22.8 Å². The van der Waals surface area contributed by atoms with Crippen molar-refractivity contribution in [2.75, 3.05) is 10.6 Å². The second-order valence-corrected chi connectivity index (χ2v) is 8.50. The van der Waals surface area contributed by atoms with E-state index >= 15 is 0 Å². The molecule has 2 amide bonds. The Morgan fingerprint density at radius 3 is 2.31 bits per heavy atom. The minimum absolute atomic E-state index is 0.250.